The number of hydrogen-bond acceptors (Lipinski definition) is 2. The Labute approximate surface area is 46.6 Å². The third-order valence-electron chi connectivity index (χ3n) is 0.602. The summed E-state index contributed by atoms with van der Waals surface area (Å²) in [4.78, 5) is 0. The van der Waals surface area contributed by atoms with Gasteiger partial charge in [-0.15, -0.1) is 0 Å². The maximum Gasteiger partial charge on any atom is 0.190 e. The van der Waals surface area contributed by atoms with Crippen LogP contribution in [0.15, 0.2) is 6.07 Å². The van der Waals surface area contributed by atoms with E-state index in [9.17, 15) is 0 Å². The highest BCUT2D eigenvalue weighted by atomic mass is 32.1. The van der Waals surface area contributed by atoms with E-state index >= 15 is 0 Å². The molecule has 1 rings (SSSR count). The standard InChI is InChI=1S/C5H4OS/c1-6-5-3-2-4-7-5/h3H,1H3. The molecule has 0 aliphatic carbocycles. The van der Waals surface area contributed by atoms with E-state index in [2.05, 4.69) is 11.4 Å². The summed E-state index contributed by atoms with van der Waals surface area (Å²) in [6.45, 7) is 0. The van der Waals surface area contributed by atoms with Crippen LogP contribution < -0.4 is 4.74 Å². The van der Waals surface area contributed by atoms with E-state index < -0.39 is 0 Å². The second-order valence-corrected chi connectivity index (χ2v) is 1.83. The van der Waals surface area contributed by atoms with E-state index in [-0.39, 0.29) is 0 Å². The lowest BCUT2D eigenvalue weighted by atomic mass is 10.7. The fraction of sp³-hybridized carbons (Fsp3) is 0.200. The predicted molar refractivity (Wildman–Crippen MR) is 28.5 cm³/mol. The van der Waals surface area contributed by atoms with E-state index in [1.165, 1.54) is 11.3 Å². The molecule has 7 heavy (non-hydrogen) atoms. The van der Waals surface area contributed by atoms with Gasteiger partial charge in [0.05, 0.1) is 7.11 Å². The smallest absolute Gasteiger partial charge is 0.190 e. The summed E-state index contributed by atoms with van der Waals surface area (Å²) < 4.78 is 4.81. The van der Waals surface area contributed by atoms with Gasteiger partial charge in [-0.3, -0.25) is 0 Å². The molecule has 36 valence electrons. The van der Waals surface area contributed by atoms with Crippen molar-refractivity contribution in [2.75, 3.05) is 7.11 Å². The molecule has 0 saturated carbocycles. The van der Waals surface area contributed by atoms with Gasteiger partial charge in [0, 0.05) is 6.07 Å². The Morgan fingerprint density at radius 2 is 2.71 bits per heavy atom. The Bertz CT molecular complexity index is 123. The minimum Gasteiger partial charge on any atom is -0.486 e. The highest BCUT2D eigenvalue weighted by Gasteiger charge is 1.81. The first-order valence-electron chi connectivity index (χ1n) is 1.85. The summed E-state index contributed by atoms with van der Waals surface area (Å²) in [5.74, 6) is 0. The van der Waals surface area contributed by atoms with Crippen LogP contribution in [-0.4, -0.2) is 7.11 Å². The lowest BCUT2D eigenvalue weighted by Crippen LogP contribution is -1.73. The van der Waals surface area contributed by atoms with Crippen LogP contribution in [0, 0.1) is 11.4 Å². The van der Waals surface area contributed by atoms with Gasteiger partial charge in [-0.2, -0.15) is 0 Å². The van der Waals surface area contributed by atoms with Crippen molar-refractivity contribution in [2.24, 2.45) is 0 Å². The van der Waals surface area contributed by atoms with Crippen LogP contribution in [0.5, 0.6) is 5.06 Å². The number of rotatable bonds is 1. The van der Waals surface area contributed by atoms with Crippen molar-refractivity contribution >= 4 is 11.3 Å². The molecule has 0 atom stereocenters. The molecule has 0 aliphatic rings. The summed E-state index contributed by atoms with van der Waals surface area (Å²) >= 11 is 1.42. The fourth-order valence-electron chi connectivity index (χ4n) is 0.298. The highest BCUT2D eigenvalue weighted by Crippen LogP contribution is 2.11. The monoisotopic (exact) mass is 112 g/mol. The molecule has 0 unspecified atom stereocenters. The first kappa shape index (κ1) is 4.48. The lowest BCUT2D eigenvalue weighted by molar-refractivity contribution is 0.427. The van der Waals surface area contributed by atoms with Crippen molar-refractivity contribution in [1.29, 1.82) is 0 Å². The molecule has 2 heteroatoms. The third-order valence-corrected chi connectivity index (χ3v) is 1.31. The van der Waals surface area contributed by atoms with Gasteiger partial charge in [0.15, 0.2) is 5.06 Å². The van der Waals surface area contributed by atoms with E-state index in [1.54, 1.807) is 13.2 Å². The van der Waals surface area contributed by atoms with E-state index in [0.717, 1.165) is 5.06 Å². The number of ether oxygens (including phenoxy) is 1. The van der Waals surface area contributed by atoms with Crippen LogP contribution in [0.2, 0.25) is 0 Å². The van der Waals surface area contributed by atoms with Gasteiger partial charge in [0.1, 0.15) is 0 Å². The molecule has 1 aromatic rings. The van der Waals surface area contributed by atoms with Gasteiger partial charge in [-0.1, -0.05) is 6.07 Å². The maximum absolute atomic E-state index is 4.81. The minimum absolute atomic E-state index is 0.861. The molecule has 1 heterocycles. The molecular formula is C5H4OS. The molecule has 0 fully saturated rings. The Balaban J connectivity index is 2.76. The zero-order valence-corrected chi connectivity index (χ0v) is 4.71. The summed E-state index contributed by atoms with van der Waals surface area (Å²) in [6, 6.07) is 4.50. The largest absolute Gasteiger partial charge is 0.486 e. The summed E-state index contributed by atoms with van der Waals surface area (Å²) in [6.07, 6.45) is 0. The Morgan fingerprint density at radius 1 is 1.86 bits per heavy atom. The topological polar surface area (TPSA) is 9.23 Å². The summed E-state index contributed by atoms with van der Waals surface area (Å²) in [7, 11) is 1.63. The second kappa shape index (κ2) is 1.85. The van der Waals surface area contributed by atoms with Crippen molar-refractivity contribution in [3.63, 3.8) is 0 Å². The zero-order valence-electron chi connectivity index (χ0n) is 3.89. The van der Waals surface area contributed by atoms with E-state index in [4.69, 9.17) is 4.74 Å². The minimum atomic E-state index is 0.861. The molecule has 0 saturated heterocycles. The van der Waals surface area contributed by atoms with E-state index in [1.807, 2.05) is 0 Å². The zero-order chi connectivity index (χ0) is 5.11. The fourth-order valence-corrected chi connectivity index (χ4v) is 0.718. The van der Waals surface area contributed by atoms with Gasteiger partial charge in [0.25, 0.3) is 0 Å². The summed E-state index contributed by atoms with van der Waals surface area (Å²) in [5.41, 5.74) is 0. The predicted octanol–water partition coefficient (Wildman–Crippen LogP) is 1.36. The molecule has 0 spiro atoms. The average molecular weight is 112 g/mol. The molecule has 0 N–H and O–H groups in total. The van der Waals surface area contributed by atoms with E-state index in [0.29, 0.717) is 0 Å². The molecule has 0 radical (unpaired) electrons. The van der Waals surface area contributed by atoms with Crippen LogP contribution in [0.4, 0.5) is 0 Å². The van der Waals surface area contributed by atoms with Crippen molar-refractivity contribution in [3.05, 3.63) is 17.5 Å². The Morgan fingerprint density at radius 3 is 3.00 bits per heavy atom. The number of methoxy groups -OCH3 is 1. The summed E-state index contributed by atoms with van der Waals surface area (Å²) in [5, 5.41) is 3.63. The molecule has 0 aromatic carbocycles. The average Bonchev–Trinajstić information content (AvgIpc) is 2.14. The van der Waals surface area contributed by atoms with Gasteiger partial charge in [-0.25, -0.2) is 0 Å². The first-order valence-corrected chi connectivity index (χ1v) is 2.66. The Hall–Kier alpha value is -0.680. The van der Waals surface area contributed by atoms with Gasteiger partial charge >= 0.3 is 0 Å². The maximum atomic E-state index is 4.81. The van der Waals surface area contributed by atoms with Crippen LogP contribution in [-0.2, 0) is 0 Å². The van der Waals surface area contributed by atoms with Gasteiger partial charge in [0.2, 0.25) is 0 Å². The first-order chi connectivity index (χ1) is 3.43. The highest BCUT2D eigenvalue weighted by molar-refractivity contribution is 7.10. The van der Waals surface area contributed by atoms with Crippen LogP contribution >= 0.6 is 11.3 Å². The third kappa shape index (κ3) is 0.847. The van der Waals surface area contributed by atoms with Crippen LogP contribution in [0.1, 0.15) is 0 Å². The molecule has 1 nitrogen and oxygen atoms in total. The van der Waals surface area contributed by atoms with Crippen molar-refractivity contribution < 1.29 is 4.74 Å². The van der Waals surface area contributed by atoms with Crippen LogP contribution in [0.25, 0.3) is 0 Å². The lowest BCUT2D eigenvalue weighted by Gasteiger charge is -1.85. The normalized spacial score (nSPS) is 7.57. The van der Waals surface area contributed by atoms with Crippen LogP contribution in [0.3, 0.4) is 0 Å². The van der Waals surface area contributed by atoms with Gasteiger partial charge < -0.3 is 4.74 Å². The molecule has 0 bridgehead atoms. The SMILES string of the molecule is COc1cc#cs1. The van der Waals surface area contributed by atoms with Crippen molar-refractivity contribution in [1.82, 2.24) is 0 Å². The number of hydrogen-bond donors (Lipinski definition) is 0. The quantitative estimate of drug-likeness (QED) is 0.533. The molecule has 0 aliphatic heterocycles. The Kier molecular flexibility index (Phi) is 1.19. The van der Waals surface area contributed by atoms with Gasteiger partial charge in [-0.05, 0) is 16.7 Å². The van der Waals surface area contributed by atoms with Crippen molar-refractivity contribution in [3.8, 4) is 5.06 Å². The van der Waals surface area contributed by atoms with Crippen molar-refractivity contribution in [2.45, 2.75) is 0 Å². The molecular weight excluding hydrogens is 108 g/mol. The second-order valence-electron chi connectivity index (χ2n) is 1.02. The molecule has 1 aromatic heterocycles. The molecule has 0 amide bonds.